The molecule has 0 aromatic carbocycles. The molecule has 0 aliphatic heterocycles. The molecule has 0 aromatic rings. The Labute approximate surface area is 75.5 Å². The Morgan fingerprint density at radius 3 is 2.58 bits per heavy atom. The van der Waals surface area contributed by atoms with Crippen molar-refractivity contribution in [2.75, 3.05) is 0 Å². The summed E-state index contributed by atoms with van der Waals surface area (Å²) >= 11 is 0. The summed E-state index contributed by atoms with van der Waals surface area (Å²) in [5.41, 5.74) is 1.44. The molecular weight excluding hydrogens is 148 g/mol. The molecule has 1 rings (SSSR count). The van der Waals surface area contributed by atoms with Gasteiger partial charge in [-0.25, -0.2) is 0 Å². The highest BCUT2D eigenvalue weighted by Gasteiger charge is 2.29. The first-order chi connectivity index (χ1) is 5.52. The number of hydrogen-bond donors (Lipinski definition) is 1. The first kappa shape index (κ1) is 9.79. The van der Waals surface area contributed by atoms with E-state index >= 15 is 0 Å². The van der Waals surface area contributed by atoms with Crippen LogP contribution < -0.4 is 0 Å². The van der Waals surface area contributed by atoms with Gasteiger partial charge in [0.1, 0.15) is 0 Å². The van der Waals surface area contributed by atoms with Gasteiger partial charge < -0.3 is 5.11 Å². The molecule has 70 valence electrons. The van der Waals surface area contributed by atoms with Crippen LogP contribution in [-0.4, -0.2) is 11.2 Å². The van der Waals surface area contributed by atoms with Gasteiger partial charge in [0.25, 0.3) is 0 Å². The zero-order valence-corrected chi connectivity index (χ0v) is 8.54. The third kappa shape index (κ3) is 1.89. The van der Waals surface area contributed by atoms with Gasteiger partial charge in [-0.1, -0.05) is 32.4 Å². The number of hydrogen-bond acceptors (Lipinski definition) is 1. The summed E-state index contributed by atoms with van der Waals surface area (Å²) in [7, 11) is 0. The summed E-state index contributed by atoms with van der Waals surface area (Å²) < 4.78 is 0. The molecule has 0 heterocycles. The normalized spacial score (nSPS) is 36.8. The van der Waals surface area contributed by atoms with Gasteiger partial charge in [-0.2, -0.15) is 0 Å². The van der Waals surface area contributed by atoms with Crippen molar-refractivity contribution in [1.29, 1.82) is 0 Å². The van der Waals surface area contributed by atoms with E-state index in [1.54, 1.807) is 0 Å². The molecule has 0 saturated heterocycles. The lowest BCUT2D eigenvalue weighted by Crippen LogP contribution is -2.33. The summed E-state index contributed by atoms with van der Waals surface area (Å²) in [6, 6.07) is 0. The van der Waals surface area contributed by atoms with Crippen LogP contribution in [0.25, 0.3) is 0 Å². The SMILES string of the molecule is CC1=C[C@@H](C)[C@H](O)[C@H](C(C)C)C1. The first-order valence-corrected chi connectivity index (χ1v) is 4.87. The largest absolute Gasteiger partial charge is 0.392 e. The van der Waals surface area contributed by atoms with Crippen LogP contribution in [0.4, 0.5) is 0 Å². The Kier molecular flexibility index (Phi) is 2.94. The zero-order valence-electron chi connectivity index (χ0n) is 8.54. The van der Waals surface area contributed by atoms with Crippen molar-refractivity contribution in [3.63, 3.8) is 0 Å². The van der Waals surface area contributed by atoms with Gasteiger partial charge in [-0.3, -0.25) is 0 Å². The lowest BCUT2D eigenvalue weighted by Gasteiger charge is -2.33. The fraction of sp³-hybridized carbons (Fsp3) is 0.818. The molecule has 1 nitrogen and oxygen atoms in total. The molecule has 0 unspecified atom stereocenters. The Bertz CT molecular complexity index is 181. The van der Waals surface area contributed by atoms with Crippen LogP contribution in [0.2, 0.25) is 0 Å². The molecule has 1 N–H and O–H groups in total. The highest BCUT2D eigenvalue weighted by atomic mass is 16.3. The van der Waals surface area contributed by atoms with Crippen molar-refractivity contribution in [3.05, 3.63) is 11.6 Å². The third-order valence-electron chi connectivity index (χ3n) is 2.94. The maximum atomic E-state index is 9.88. The average Bonchev–Trinajstić information content (AvgIpc) is 1.96. The first-order valence-electron chi connectivity index (χ1n) is 4.87. The van der Waals surface area contributed by atoms with Crippen LogP contribution >= 0.6 is 0 Å². The molecule has 0 amide bonds. The van der Waals surface area contributed by atoms with Gasteiger partial charge >= 0.3 is 0 Å². The van der Waals surface area contributed by atoms with E-state index in [1.165, 1.54) is 5.57 Å². The van der Waals surface area contributed by atoms with Gasteiger partial charge in [-0.15, -0.1) is 0 Å². The number of rotatable bonds is 1. The van der Waals surface area contributed by atoms with E-state index in [9.17, 15) is 5.11 Å². The van der Waals surface area contributed by atoms with Crippen molar-refractivity contribution >= 4 is 0 Å². The minimum absolute atomic E-state index is 0.131. The minimum Gasteiger partial charge on any atom is -0.392 e. The zero-order chi connectivity index (χ0) is 9.30. The number of allylic oxidation sites excluding steroid dienone is 1. The van der Waals surface area contributed by atoms with Crippen molar-refractivity contribution in [2.45, 2.75) is 40.2 Å². The van der Waals surface area contributed by atoms with E-state index < -0.39 is 0 Å². The molecule has 1 heteroatoms. The quantitative estimate of drug-likeness (QED) is 0.597. The average molecular weight is 168 g/mol. The van der Waals surface area contributed by atoms with Crippen molar-refractivity contribution in [3.8, 4) is 0 Å². The molecule has 0 bridgehead atoms. The lowest BCUT2D eigenvalue weighted by atomic mass is 9.75. The molecule has 0 radical (unpaired) electrons. The summed E-state index contributed by atoms with van der Waals surface area (Å²) in [5.74, 6) is 1.39. The Hall–Kier alpha value is -0.300. The maximum absolute atomic E-state index is 9.88. The maximum Gasteiger partial charge on any atom is 0.0633 e. The molecule has 12 heavy (non-hydrogen) atoms. The van der Waals surface area contributed by atoms with Crippen molar-refractivity contribution in [1.82, 2.24) is 0 Å². The van der Waals surface area contributed by atoms with E-state index in [-0.39, 0.29) is 6.10 Å². The van der Waals surface area contributed by atoms with Crippen LogP contribution in [-0.2, 0) is 0 Å². The molecule has 3 atom stereocenters. The third-order valence-corrected chi connectivity index (χ3v) is 2.94. The monoisotopic (exact) mass is 168 g/mol. The van der Waals surface area contributed by atoms with Gasteiger partial charge in [0.15, 0.2) is 0 Å². The van der Waals surface area contributed by atoms with E-state index in [4.69, 9.17) is 0 Å². The Balaban J connectivity index is 2.73. The highest BCUT2D eigenvalue weighted by Crippen LogP contribution is 2.32. The molecule has 0 spiro atoms. The van der Waals surface area contributed by atoms with Crippen molar-refractivity contribution < 1.29 is 5.11 Å². The molecule has 0 aromatic heterocycles. The van der Waals surface area contributed by atoms with E-state index in [0.717, 1.165) is 6.42 Å². The molecule has 0 fully saturated rings. The van der Waals surface area contributed by atoms with E-state index in [0.29, 0.717) is 17.8 Å². The van der Waals surface area contributed by atoms with E-state index in [1.807, 2.05) is 0 Å². The topological polar surface area (TPSA) is 20.2 Å². The lowest BCUT2D eigenvalue weighted by molar-refractivity contribution is 0.0443. The molecule has 1 aliphatic carbocycles. The predicted molar refractivity (Wildman–Crippen MR) is 51.9 cm³/mol. The second-order valence-corrected chi connectivity index (χ2v) is 4.47. The van der Waals surface area contributed by atoms with Crippen LogP contribution in [0.3, 0.4) is 0 Å². The second kappa shape index (κ2) is 3.61. The van der Waals surface area contributed by atoms with Gasteiger partial charge in [0, 0.05) is 5.92 Å². The standard InChI is InChI=1S/C11H20O/c1-7(2)10-6-8(3)5-9(4)11(10)12/h5,7,9-12H,6H2,1-4H3/t9-,10+,11+/m1/s1. The second-order valence-electron chi connectivity index (χ2n) is 4.47. The van der Waals surface area contributed by atoms with Gasteiger partial charge in [0.05, 0.1) is 6.10 Å². The Morgan fingerprint density at radius 1 is 1.50 bits per heavy atom. The fourth-order valence-corrected chi connectivity index (χ4v) is 2.13. The summed E-state index contributed by atoms with van der Waals surface area (Å²) in [6.07, 6.45) is 3.14. The molecule has 1 aliphatic rings. The Morgan fingerprint density at radius 2 is 2.08 bits per heavy atom. The number of aliphatic hydroxyl groups excluding tert-OH is 1. The summed E-state index contributed by atoms with van der Waals surface area (Å²) in [5, 5.41) is 9.88. The predicted octanol–water partition coefficient (Wildman–Crippen LogP) is 2.61. The highest BCUT2D eigenvalue weighted by molar-refractivity contribution is 5.09. The van der Waals surface area contributed by atoms with Crippen LogP contribution in [0, 0.1) is 17.8 Å². The molecular formula is C11H20O. The van der Waals surface area contributed by atoms with Crippen molar-refractivity contribution in [2.24, 2.45) is 17.8 Å². The minimum atomic E-state index is -0.131. The van der Waals surface area contributed by atoms with Crippen LogP contribution in [0.15, 0.2) is 11.6 Å². The van der Waals surface area contributed by atoms with Crippen LogP contribution in [0.1, 0.15) is 34.1 Å². The van der Waals surface area contributed by atoms with Gasteiger partial charge in [0.2, 0.25) is 0 Å². The van der Waals surface area contributed by atoms with E-state index in [2.05, 4.69) is 33.8 Å². The van der Waals surface area contributed by atoms with Crippen LogP contribution in [0.5, 0.6) is 0 Å². The smallest absolute Gasteiger partial charge is 0.0633 e. The molecule has 0 saturated carbocycles. The fourth-order valence-electron chi connectivity index (χ4n) is 2.13. The van der Waals surface area contributed by atoms with Gasteiger partial charge in [-0.05, 0) is 25.2 Å². The number of aliphatic hydroxyl groups is 1. The summed E-state index contributed by atoms with van der Waals surface area (Å²) in [4.78, 5) is 0. The summed E-state index contributed by atoms with van der Waals surface area (Å²) in [6.45, 7) is 8.65.